The Kier molecular flexibility index (Phi) is 6.25. The van der Waals surface area contributed by atoms with Gasteiger partial charge in [-0.15, -0.1) is 0 Å². The van der Waals surface area contributed by atoms with Crippen LogP contribution in [0.5, 0.6) is 5.75 Å². The zero-order valence-corrected chi connectivity index (χ0v) is 12.8. The SMILES string of the molecule is COc1ccc(C)cc1COCCNCc1ccccc1. The van der Waals surface area contributed by atoms with Gasteiger partial charge in [-0.05, 0) is 18.6 Å². The van der Waals surface area contributed by atoms with Crippen molar-refractivity contribution in [1.29, 1.82) is 0 Å². The topological polar surface area (TPSA) is 30.5 Å². The molecule has 2 aromatic rings. The molecule has 0 aliphatic carbocycles. The van der Waals surface area contributed by atoms with Crippen LogP contribution in [0.25, 0.3) is 0 Å². The van der Waals surface area contributed by atoms with Gasteiger partial charge in [0.1, 0.15) is 5.75 Å². The maximum absolute atomic E-state index is 5.71. The number of ether oxygens (including phenoxy) is 2. The first-order valence-electron chi connectivity index (χ1n) is 7.25. The fraction of sp³-hybridized carbons (Fsp3) is 0.333. The molecule has 0 amide bonds. The van der Waals surface area contributed by atoms with E-state index in [-0.39, 0.29) is 0 Å². The van der Waals surface area contributed by atoms with Crippen molar-refractivity contribution in [2.24, 2.45) is 0 Å². The van der Waals surface area contributed by atoms with Crippen molar-refractivity contribution < 1.29 is 9.47 Å². The van der Waals surface area contributed by atoms with Crippen molar-refractivity contribution in [2.75, 3.05) is 20.3 Å². The maximum atomic E-state index is 5.71. The van der Waals surface area contributed by atoms with Crippen molar-refractivity contribution in [3.63, 3.8) is 0 Å². The van der Waals surface area contributed by atoms with Crippen LogP contribution in [0.4, 0.5) is 0 Å². The molecule has 112 valence electrons. The summed E-state index contributed by atoms with van der Waals surface area (Å²) in [6.07, 6.45) is 0. The first kappa shape index (κ1) is 15.5. The number of rotatable bonds is 8. The summed E-state index contributed by atoms with van der Waals surface area (Å²) in [6, 6.07) is 16.5. The highest BCUT2D eigenvalue weighted by Gasteiger charge is 2.03. The van der Waals surface area contributed by atoms with Crippen LogP contribution in [-0.2, 0) is 17.9 Å². The highest BCUT2D eigenvalue weighted by molar-refractivity contribution is 5.36. The van der Waals surface area contributed by atoms with E-state index >= 15 is 0 Å². The summed E-state index contributed by atoms with van der Waals surface area (Å²) in [5.41, 5.74) is 3.61. The van der Waals surface area contributed by atoms with Crippen LogP contribution in [0.15, 0.2) is 48.5 Å². The Bertz CT molecular complexity index is 540. The Morgan fingerprint density at radius 1 is 1.05 bits per heavy atom. The molecule has 21 heavy (non-hydrogen) atoms. The number of hydrogen-bond acceptors (Lipinski definition) is 3. The molecular weight excluding hydrogens is 262 g/mol. The van der Waals surface area contributed by atoms with Gasteiger partial charge in [0.15, 0.2) is 0 Å². The van der Waals surface area contributed by atoms with Crippen LogP contribution in [0.3, 0.4) is 0 Å². The highest BCUT2D eigenvalue weighted by atomic mass is 16.5. The van der Waals surface area contributed by atoms with Gasteiger partial charge in [-0.25, -0.2) is 0 Å². The van der Waals surface area contributed by atoms with Crippen LogP contribution in [0.2, 0.25) is 0 Å². The molecule has 0 aromatic heterocycles. The summed E-state index contributed by atoms with van der Waals surface area (Å²) in [4.78, 5) is 0. The van der Waals surface area contributed by atoms with E-state index in [4.69, 9.17) is 9.47 Å². The fourth-order valence-corrected chi connectivity index (χ4v) is 2.18. The Balaban J connectivity index is 1.67. The summed E-state index contributed by atoms with van der Waals surface area (Å²) < 4.78 is 11.1. The molecule has 0 aliphatic heterocycles. The Labute approximate surface area is 126 Å². The highest BCUT2D eigenvalue weighted by Crippen LogP contribution is 2.20. The number of nitrogens with one attached hydrogen (secondary N) is 1. The van der Waals surface area contributed by atoms with E-state index in [1.807, 2.05) is 18.2 Å². The van der Waals surface area contributed by atoms with Crippen molar-refractivity contribution in [1.82, 2.24) is 5.32 Å². The molecule has 0 atom stereocenters. The molecule has 0 spiro atoms. The summed E-state index contributed by atoms with van der Waals surface area (Å²) in [7, 11) is 1.69. The summed E-state index contributed by atoms with van der Waals surface area (Å²) in [6.45, 7) is 5.05. The van der Waals surface area contributed by atoms with Gasteiger partial charge in [0.2, 0.25) is 0 Å². The Hall–Kier alpha value is -1.84. The summed E-state index contributed by atoms with van der Waals surface area (Å²) >= 11 is 0. The van der Waals surface area contributed by atoms with Gasteiger partial charge in [0.05, 0.1) is 20.3 Å². The van der Waals surface area contributed by atoms with Crippen LogP contribution >= 0.6 is 0 Å². The monoisotopic (exact) mass is 285 g/mol. The second-order valence-corrected chi connectivity index (χ2v) is 5.03. The fourth-order valence-electron chi connectivity index (χ4n) is 2.18. The van der Waals surface area contributed by atoms with Gasteiger partial charge >= 0.3 is 0 Å². The van der Waals surface area contributed by atoms with Crippen molar-refractivity contribution >= 4 is 0 Å². The predicted molar refractivity (Wildman–Crippen MR) is 85.5 cm³/mol. The molecule has 0 saturated carbocycles. The van der Waals surface area contributed by atoms with Crippen molar-refractivity contribution in [3.8, 4) is 5.75 Å². The molecule has 0 fully saturated rings. The average Bonchev–Trinajstić information content (AvgIpc) is 2.52. The van der Waals surface area contributed by atoms with Gasteiger partial charge in [-0.3, -0.25) is 0 Å². The van der Waals surface area contributed by atoms with E-state index in [0.717, 1.165) is 24.4 Å². The molecule has 3 nitrogen and oxygen atoms in total. The third kappa shape index (κ3) is 5.21. The number of benzene rings is 2. The molecule has 0 heterocycles. The van der Waals surface area contributed by atoms with E-state index in [9.17, 15) is 0 Å². The Morgan fingerprint density at radius 2 is 1.86 bits per heavy atom. The van der Waals surface area contributed by atoms with E-state index in [2.05, 4.69) is 42.6 Å². The molecule has 0 bridgehead atoms. The van der Waals surface area contributed by atoms with Gasteiger partial charge in [-0.1, -0.05) is 48.0 Å². The van der Waals surface area contributed by atoms with Crippen LogP contribution in [-0.4, -0.2) is 20.3 Å². The first-order valence-corrected chi connectivity index (χ1v) is 7.25. The average molecular weight is 285 g/mol. The standard InChI is InChI=1S/C18H23NO2/c1-15-8-9-18(20-2)17(12-15)14-21-11-10-19-13-16-6-4-3-5-7-16/h3-9,12,19H,10-11,13-14H2,1-2H3. The van der Waals surface area contributed by atoms with E-state index in [1.54, 1.807) is 7.11 Å². The van der Waals surface area contributed by atoms with Gasteiger partial charge in [-0.2, -0.15) is 0 Å². The lowest BCUT2D eigenvalue weighted by Gasteiger charge is -2.10. The lowest BCUT2D eigenvalue weighted by atomic mass is 10.1. The Morgan fingerprint density at radius 3 is 2.62 bits per heavy atom. The maximum Gasteiger partial charge on any atom is 0.124 e. The first-order chi connectivity index (χ1) is 10.3. The van der Waals surface area contributed by atoms with E-state index in [1.165, 1.54) is 11.1 Å². The minimum Gasteiger partial charge on any atom is -0.496 e. The normalized spacial score (nSPS) is 10.6. The van der Waals surface area contributed by atoms with Crippen LogP contribution in [0.1, 0.15) is 16.7 Å². The minimum absolute atomic E-state index is 0.581. The zero-order chi connectivity index (χ0) is 14.9. The minimum atomic E-state index is 0.581. The molecule has 0 saturated heterocycles. The lowest BCUT2D eigenvalue weighted by molar-refractivity contribution is 0.120. The third-order valence-electron chi connectivity index (χ3n) is 3.29. The largest absolute Gasteiger partial charge is 0.496 e. The zero-order valence-electron chi connectivity index (χ0n) is 12.8. The summed E-state index contributed by atoms with van der Waals surface area (Å²) in [5.74, 6) is 0.887. The van der Waals surface area contributed by atoms with Crippen LogP contribution < -0.4 is 10.1 Å². The smallest absolute Gasteiger partial charge is 0.124 e. The molecule has 2 rings (SSSR count). The second kappa shape index (κ2) is 8.45. The predicted octanol–water partition coefficient (Wildman–Crippen LogP) is 3.31. The molecule has 0 aliphatic rings. The van der Waals surface area contributed by atoms with Crippen LogP contribution in [0, 0.1) is 6.92 Å². The molecule has 2 aromatic carbocycles. The lowest BCUT2D eigenvalue weighted by Crippen LogP contribution is -2.19. The third-order valence-corrected chi connectivity index (χ3v) is 3.29. The molecule has 0 unspecified atom stereocenters. The van der Waals surface area contributed by atoms with E-state index in [0.29, 0.717) is 13.2 Å². The molecular formula is C18H23NO2. The van der Waals surface area contributed by atoms with Gasteiger partial charge in [0, 0.05) is 18.7 Å². The molecule has 0 radical (unpaired) electrons. The van der Waals surface area contributed by atoms with Gasteiger partial charge < -0.3 is 14.8 Å². The van der Waals surface area contributed by atoms with Crippen molar-refractivity contribution in [3.05, 3.63) is 65.2 Å². The quantitative estimate of drug-likeness (QED) is 0.755. The second-order valence-electron chi connectivity index (χ2n) is 5.03. The van der Waals surface area contributed by atoms with Crippen molar-refractivity contribution in [2.45, 2.75) is 20.1 Å². The van der Waals surface area contributed by atoms with Gasteiger partial charge in [0.25, 0.3) is 0 Å². The molecule has 3 heteroatoms. The number of hydrogen-bond donors (Lipinski definition) is 1. The number of aryl methyl sites for hydroxylation is 1. The summed E-state index contributed by atoms with van der Waals surface area (Å²) in [5, 5.41) is 3.37. The number of methoxy groups -OCH3 is 1. The molecule has 1 N–H and O–H groups in total. The van der Waals surface area contributed by atoms with E-state index < -0.39 is 0 Å².